The molecule has 264 valence electrons. The van der Waals surface area contributed by atoms with Crippen molar-refractivity contribution in [1.29, 1.82) is 0 Å². The first-order valence-corrected chi connectivity index (χ1v) is 18.9. The maximum absolute atomic E-state index is 14.8. The van der Waals surface area contributed by atoms with Crippen LogP contribution in [0.2, 0.25) is 0 Å². The Morgan fingerprint density at radius 1 is 1.00 bits per heavy atom. The van der Waals surface area contributed by atoms with Crippen molar-refractivity contribution in [3.8, 4) is 11.4 Å². The van der Waals surface area contributed by atoms with Gasteiger partial charge in [0.2, 0.25) is 0 Å². The number of benzene rings is 3. The van der Waals surface area contributed by atoms with E-state index in [-0.39, 0.29) is 40.9 Å². The zero-order chi connectivity index (χ0) is 36.3. The summed E-state index contributed by atoms with van der Waals surface area (Å²) in [6, 6.07) is 17.0. The first kappa shape index (κ1) is 36.9. The van der Waals surface area contributed by atoms with Gasteiger partial charge in [-0.1, -0.05) is 56.7 Å². The van der Waals surface area contributed by atoms with E-state index in [9.17, 15) is 31.3 Å². The molecule has 50 heavy (non-hydrogen) atoms. The highest BCUT2D eigenvalue weighted by molar-refractivity contribution is 7.91. The summed E-state index contributed by atoms with van der Waals surface area (Å²) in [5.74, 6) is -1.49. The summed E-state index contributed by atoms with van der Waals surface area (Å²) in [5, 5.41) is 14.6. The van der Waals surface area contributed by atoms with Gasteiger partial charge in [-0.2, -0.15) is 5.10 Å². The molecule has 1 atom stereocenters. The largest absolute Gasteiger partial charge is 0.508 e. The molecule has 0 spiro atoms. The predicted octanol–water partition coefficient (Wildman–Crippen LogP) is 7.21. The van der Waals surface area contributed by atoms with Gasteiger partial charge in [0.15, 0.2) is 27.3 Å². The van der Waals surface area contributed by atoms with Crippen molar-refractivity contribution in [2.24, 2.45) is 12.5 Å². The van der Waals surface area contributed by atoms with E-state index in [1.165, 1.54) is 12.1 Å². The van der Waals surface area contributed by atoms with Crippen LogP contribution in [0.1, 0.15) is 69.0 Å². The molecule has 0 bridgehead atoms. The smallest absolute Gasteiger partial charge is 0.481 e. The Morgan fingerprint density at radius 2 is 1.76 bits per heavy atom. The molecule has 0 aliphatic rings. The Kier molecular flexibility index (Phi) is 11.0. The molecule has 0 saturated carbocycles. The number of nitrogens with one attached hydrogen (secondary N) is 1. The van der Waals surface area contributed by atoms with Gasteiger partial charge >= 0.3 is 22.5 Å². The van der Waals surface area contributed by atoms with Gasteiger partial charge in [0.05, 0.1) is 22.5 Å². The summed E-state index contributed by atoms with van der Waals surface area (Å²) in [4.78, 5) is 19.0. The first-order chi connectivity index (χ1) is 23.6. The van der Waals surface area contributed by atoms with E-state index >= 15 is 0 Å². The second kappa shape index (κ2) is 14.9. The molecule has 2 aromatic heterocycles. The number of rotatable bonds is 16. The van der Waals surface area contributed by atoms with Crippen LogP contribution in [-0.2, 0) is 55.8 Å². The zero-order valence-electron chi connectivity index (χ0n) is 28.5. The normalized spacial score (nSPS) is 13.4. The van der Waals surface area contributed by atoms with Crippen molar-refractivity contribution < 1.29 is 31.3 Å². The summed E-state index contributed by atoms with van der Waals surface area (Å²) in [7, 11) is -1.90. The number of hydrogen-bond donors (Lipinski definition) is 2. The van der Waals surface area contributed by atoms with E-state index < -0.39 is 38.3 Å². The van der Waals surface area contributed by atoms with Crippen LogP contribution in [0.3, 0.4) is 0 Å². The number of aryl methyl sites for hydroxylation is 3. The molecule has 0 aliphatic heterocycles. The number of aliphatic carboxylic acids is 1. The fourth-order valence-corrected chi connectivity index (χ4v) is 9.13. The van der Waals surface area contributed by atoms with E-state index in [2.05, 4.69) is 4.98 Å². The number of carboxylic acids is 1. The lowest BCUT2D eigenvalue weighted by Crippen LogP contribution is -2.29. The number of nitrogens with zero attached hydrogens (tertiary/aromatic N) is 3. The van der Waals surface area contributed by atoms with Crippen LogP contribution in [0.15, 0.2) is 71.8 Å². The number of fused-ring (bicyclic) bond motifs is 1. The third kappa shape index (κ3) is 8.32. The lowest BCUT2D eigenvalue weighted by atomic mass is 9.75. The van der Waals surface area contributed by atoms with Gasteiger partial charge in [0, 0.05) is 46.4 Å². The van der Waals surface area contributed by atoms with Crippen molar-refractivity contribution in [1.82, 2.24) is 19.7 Å². The predicted molar refractivity (Wildman–Crippen MR) is 190 cm³/mol. The fraction of sp³-hybridized carbons (Fsp3) is 0.378. The zero-order valence-corrected chi connectivity index (χ0v) is 30.1. The number of aromatic nitrogens is 4. The number of hydrogen-bond acceptors (Lipinski definition) is 6. The number of carboxylic acid groups (broad SMARTS) is 1. The molecule has 5 aromatic rings. The molecule has 3 aromatic carbocycles. The summed E-state index contributed by atoms with van der Waals surface area (Å²) in [5.41, 5.74) is 1.53. The average molecular weight is 724 g/mol. The lowest BCUT2D eigenvalue weighted by molar-refractivity contribution is -0.136. The van der Waals surface area contributed by atoms with Gasteiger partial charge in [0.25, 0.3) is 0 Å². The van der Waals surface area contributed by atoms with Gasteiger partial charge in [0.1, 0.15) is 5.82 Å². The monoisotopic (exact) mass is 723 g/mol. The molecule has 0 radical (unpaired) electrons. The third-order valence-electron chi connectivity index (χ3n) is 9.32. The first-order valence-electron chi connectivity index (χ1n) is 16.4. The van der Waals surface area contributed by atoms with Crippen LogP contribution < -0.4 is 0 Å². The molecule has 0 aliphatic carbocycles. The standard InChI is InChI=1S/C37H40F2N4O5S2/c1-36(2,23-50(47,48)20-16-27-26-15-19-40-31(26)22-30(39)33(27)49-46)17-8-18-37(3,25-10-7-9-24(21-25)13-14-32(44)45)35-41-34(43(4)42-35)28-11-5-6-12-29(28)38/h5-7,9-12,15,19,21-22H,8,13-14,16-18,20,23H2,1-4H3,(H-,40,44,45,46)/p+1/t37-/m1/s1. The van der Waals surface area contributed by atoms with Crippen LogP contribution >= 0.6 is 0 Å². The summed E-state index contributed by atoms with van der Waals surface area (Å²) in [6.45, 7) is 5.80. The van der Waals surface area contributed by atoms with Gasteiger partial charge < -0.3 is 10.1 Å². The van der Waals surface area contributed by atoms with Crippen molar-refractivity contribution in [3.05, 3.63) is 101 Å². The molecule has 0 fully saturated rings. The van der Waals surface area contributed by atoms with E-state index in [4.69, 9.17) is 10.1 Å². The van der Waals surface area contributed by atoms with E-state index in [0.717, 1.165) is 11.1 Å². The van der Waals surface area contributed by atoms with Crippen molar-refractivity contribution >= 4 is 38.4 Å². The maximum atomic E-state index is 14.8. The summed E-state index contributed by atoms with van der Waals surface area (Å²) >= 11 is 0.0299. The summed E-state index contributed by atoms with van der Waals surface area (Å²) < 4.78 is 69.6. The number of H-pyrrole nitrogens is 1. The molecule has 0 unspecified atom stereocenters. The number of aromatic amines is 1. The maximum Gasteiger partial charge on any atom is 0.508 e. The van der Waals surface area contributed by atoms with E-state index in [0.29, 0.717) is 59.4 Å². The van der Waals surface area contributed by atoms with Crippen molar-refractivity contribution in [3.63, 3.8) is 0 Å². The Bertz CT molecular complexity index is 2140. The fourth-order valence-electron chi connectivity index (χ4n) is 6.68. The molecule has 2 heterocycles. The second-order valence-electron chi connectivity index (χ2n) is 13.8. The van der Waals surface area contributed by atoms with Gasteiger partial charge in [-0.25, -0.2) is 26.9 Å². The average Bonchev–Trinajstić information content (AvgIpc) is 3.68. The van der Waals surface area contributed by atoms with Crippen LogP contribution in [0, 0.1) is 17.0 Å². The molecule has 9 nitrogen and oxygen atoms in total. The third-order valence-corrected chi connectivity index (χ3v) is 12.0. The topological polar surface area (TPSA) is 135 Å². The minimum absolute atomic E-state index is 0.0150. The molecular weight excluding hydrogens is 683 g/mol. The van der Waals surface area contributed by atoms with Crippen LogP contribution in [-0.4, -0.2) is 50.7 Å². The number of halogens is 2. The lowest BCUT2D eigenvalue weighted by Gasteiger charge is -2.30. The Morgan fingerprint density at radius 3 is 2.48 bits per heavy atom. The minimum Gasteiger partial charge on any atom is -0.481 e. The Labute approximate surface area is 294 Å². The highest BCUT2D eigenvalue weighted by Crippen LogP contribution is 2.39. The minimum atomic E-state index is -3.61. The Hall–Kier alpha value is -4.36. The van der Waals surface area contributed by atoms with Gasteiger partial charge in [-0.05, 0) is 67.3 Å². The highest BCUT2D eigenvalue weighted by Gasteiger charge is 2.36. The van der Waals surface area contributed by atoms with Crippen LogP contribution in [0.4, 0.5) is 8.78 Å². The Balaban J connectivity index is 1.36. The molecule has 0 saturated heterocycles. The number of sulfone groups is 1. The van der Waals surface area contributed by atoms with Gasteiger partial charge in [-0.15, -0.1) is 0 Å². The quantitative estimate of drug-likeness (QED) is 0.103. The van der Waals surface area contributed by atoms with E-state index in [1.54, 1.807) is 42.2 Å². The van der Waals surface area contributed by atoms with Crippen LogP contribution in [0.25, 0.3) is 22.3 Å². The van der Waals surface area contributed by atoms with Gasteiger partial charge in [-0.3, -0.25) is 4.79 Å². The molecule has 0 amide bonds. The molecular formula is C37H41F2N4O5S2+. The van der Waals surface area contributed by atoms with Crippen LogP contribution in [0.5, 0.6) is 0 Å². The SMILES string of the molecule is Cn1nc([C@](C)(CCCC(C)(C)CS(=O)(=O)CCc2c([S+]=O)c(F)cc3[nH]ccc23)c2cccc(CCC(=O)O)c2)nc1-c1ccccc1F. The highest BCUT2D eigenvalue weighted by atomic mass is 32.2. The van der Waals surface area contributed by atoms with Crippen molar-refractivity contribution in [2.75, 3.05) is 11.5 Å². The molecule has 13 heteroatoms. The van der Waals surface area contributed by atoms with Crippen molar-refractivity contribution in [2.45, 2.75) is 69.6 Å². The number of carbonyl (C=O) groups is 1. The second-order valence-corrected chi connectivity index (χ2v) is 16.6. The molecule has 5 rings (SSSR count). The van der Waals surface area contributed by atoms with E-state index in [1.807, 2.05) is 45.0 Å². The molecule has 2 N–H and O–H groups in total. The summed E-state index contributed by atoms with van der Waals surface area (Å²) in [6.07, 6.45) is 3.63.